The predicted octanol–water partition coefficient (Wildman–Crippen LogP) is 2.21. The SMILES string of the molecule is Cc1cnc(-c2noc(CC(O)C(F)(F)F)n2)c(C)c1. The van der Waals surface area contributed by atoms with Crippen molar-refractivity contribution in [3.63, 3.8) is 0 Å². The van der Waals surface area contributed by atoms with E-state index in [1.165, 1.54) is 0 Å². The molecule has 1 N–H and O–H groups in total. The second kappa shape index (κ2) is 5.20. The molecule has 0 saturated heterocycles. The molecule has 20 heavy (non-hydrogen) atoms. The highest BCUT2D eigenvalue weighted by Crippen LogP contribution is 2.24. The highest BCUT2D eigenvalue weighted by molar-refractivity contribution is 5.53. The zero-order chi connectivity index (χ0) is 14.9. The molecule has 0 aliphatic rings. The fraction of sp³-hybridized carbons (Fsp3) is 0.417. The Bertz CT molecular complexity index is 610. The molecule has 2 aromatic heterocycles. The van der Waals surface area contributed by atoms with Crippen LogP contribution in [0.3, 0.4) is 0 Å². The number of aryl methyl sites for hydroxylation is 2. The minimum Gasteiger partial charge on any atom is -0.383 e. The normalized spacial score (nSPS) is 13.5. The number of rotatable bonds is 3. The van der Waals surface area contributed by atoms with Crippen LogP contribution in [-0.2, 0) is 6.42 Å². The Balaban J connectivity index is 2.21. The van der Waals surface area contributed by atoms with Crippen LogP contribution in [0.2, 0.25) is 0 Å². The summed E-state index contributed by atoms with van der Waals surface area (Å²) in [7, 11) is 0. The quantitative estimate of drug-likeness (QED) is 0.937. The number of halogens is 3. The molecule has 2 rings (SSSR count). The van der Waals surface area contributed by atoms with Crippen LogP contribution in [0.5, 0.6) is 0 Å². The average molecular weight is 287 g/mol. The van der Waals surface area contributed by atoms with Crippen LogP contribution in [0.15, 0.2) is 16.8 Å². The molecule has 0 aromatic carbocycles. The zero-order valence-electron chi connectivity index (χ0n) is 10.8. The Morgan fingerprint density at radius 2 is 2.05 bits per heavy atom. The van der Waals surface area contributed by atoms with E-state index >= 15 is 0 Å². The molecule has 1 atom stereocenters. The molecule has 0 aliphatic heterocycles. The summed E-state index contributed by atoms with van der Waals surface area (Å²) in [5, 5.41) is 12.5. The lowest BCUT2D eigenvalue weighted by Crippen LogP contribution is -2.30. The fourth-order valence-corrected chi connectivity index (χ4v) is 1.66. The van der Waals surface area contributed by atoms with Crippen LogP contribution in [0.1, 0.15) is 17.0 Å². The summed E-state index contributed by atoms with van der Waals surface area (Å²) in [5.41, 5.74) is 2.17. The number of aliphatic hydroxyl groups excluding tert-OH is 1. The van der Waals surface area contributed by atoms with Gasteiger partial charge in [0.25, 0.3) is 0 Å². The number of aromatic nitrogens is 3. The minimum absolute atomic E-state index is 0.104. The molecule has 2 heterocycles. The van der Waals surface area contributed by atoms with Gasteiger partial charge >= 0.3 is 6.18 Å². The molecule has 0 bridgehead atoms. The molecule has 1 unspecified atom stereocenters. The first-order valence-electron chi connectivity index (χ1n) is 5.78. The van der Waals surface area contributed by atoms with Crippen LogP contribution >= 0.6 is 0 Å². The summed E-state index contributed by atoms with van der Waals surface area (Å²) < 4.78 is 41.4. The van der Waals surface area contributed by atoms with E-state index in [0.29, 0.717) is 5.69 Å². The van der Waals surface area contributed by atoms with E-state index in [1.54, 1.807) is 13.1 Å². The van der Waals surface area contributed by atoms with Crippen molar-refractivity contribution in [1.29, 1.82) is 0 Å². The first kappa shape index (κ1) is 14.4. The molecule has 0 saturated carbocycles. The van der Waals surface area contributed by atoms with Crippen molar-refractivity contribution >= 4 is 0 Å². The van der Waals surface area contributed by atoms with Crippen LogP contribution in [0, 0.1) is 13.8 Å². The Hall–Kier alpha value is -1.96. The Morgan fingerprint density at radius 3 is 2.65 bits per heavy atom. The van der Waals surface area contributed by atoms with Crippen LogP contribution < -0.4 is 0 Å². The number of nitrogens with zero attached hydrogens (tertiary/aromatic N) is 3. The summed E-state index contributed by atoms with van der Waals surface area (Å²) in [5.74, 6) is -0.182. The third-order valence-corrected chi connectivity index (χ3v) is 2.64. The fourth-order valence-electron chi connectivity index (χ4n) is 1.66. The van der Waals surface area contributed by atoms with Gasteiger partial charge in [0.05, 0.1) is 6.42 Å². The second-order valence-corrected chi connectivity index (χ2v) is 4.45. The maximum Gasteiger partial charge on any atom is 0.414 e. The van der Waals surface area contributed by atoms with Crippen LogP contribution in [-0.4, -0.2) is 32.5 Å². The van der Waals surface area contributed by atoms with Gasteiger partial charge in [-0.15, -0.1) is 0 Å². The van der Waals surface area contributed by atoms with Gasteiger partial charge in [-0.25, -0.2) is 0 Å². The van der Waals surface area contributed by atoms with Crippen LogP contribution in [0.4, 0.5) is 13.2 Å². The third kappa shape index (κ3) is 3.13. The van der Waals surface area contributed by atoms with Gasteiger partial charge in [0, 0.05) is 6.20 Å². The largest absolute Gasteiger partial charge is 0.414 e. The second-order valence-electron chi connectivity index (χ2n) is 4.45. The van der Waals surface area contributed by atoms with Crippen molar-refractivity contribution in [2.24, 2.45) is 0 Å². The first-order chi connectivity index (χ1) is 9.27. The molecular formula is C12H12F3N3O2. The molecule has 2 aromatic rings. The monoisotopic (exact) mass is 287 g/mol. The molecule has 0 radical (unpaired) electrons. The zero-order valence-corrected chi connectivity index (χ0v) is 10.8. The summed E-state index contributed by atoms with van der Waals surface area (Å²) in [6.07, 6.45) is -6.42. The Kier molecular flexibility index (Phi) is 3.76. The molecule has 0 aliphatic carbocycles. The molecule has 0 amide bonds. The molecule has 108 valence electrons. The summed E-state index contributed by atoms with van der Waals surface area (Å²) in [4.78, 5) is 7.94. The van der Waals surface area contributed by atoms with Gasteiger partial charge in [0.1, 0.15) is 5.69 Å². The summed E-state index contributed by atoms with van der Waals surface area (Å²) in [6.45, 7) is 3.65. The van der Waals surface area contributed by atoms with Crippen LogP contribution in [0.25, 0.3) is 11.5 Å². The van der Waals surface area contributed by atoms with Gasteiger partial charge in [-0.2, -0.15) is 18.2 Å². The van der Waals surface area contributed by atoms with E-state index in [9.17, 15) is 13.2 Å². The van der Waals surface area contributed by atoms with Crippen molar-refractivity contribution in [2.75, 3.05) is 0 Å². The highest BCUT2D eigenvalue weighted by Gasteiger charge is 2.39. The molecule has 0 fully saturated rings. The van der Waals surface area contributed by atoms with Gasteiger partial charge in [0.15, 0.2) is 6.10 Å². The summed E-state index contributed by atoms with van der Waals surface area (Å²) in [6, 6.07) is 1.85. The molecule has 0 spiro atoms. The van der Waals surface area contributed by atoms with Crippen molar-refractivity contribution in [2.45, 2.75) is 32.5 Å². The highest BCUT2D eigenvalue weighted by atomic mass is 19.4. The van der Waals surface area contributed by atoms with Crippen molar-refractivity contribution in [3.8, 4) is 11.5 Å². The van der Waals surface area contributed by atoms with Crippen molar-refractivity contribution in [3.05, 3.63) is 29.3 Å². The van der Waals surface area contributed by atoms with Gasteiger partial charge in [-0.1, -0.05) is 11.2 Å². The first-order valence-corrected chi connectivity index (χ1v) is 5.78. The minimum atomic E-state index is -4.72. The summed E-state index contributed by atoms with van der Waals surface area (Å²) >= 11 is 0. The molecule has 8 heteroatoms. The van der Waals surface area contributed by atoms with Crippen molar-refractivity contribution in [1.82, 2.24) is 15.1 Å². The predicted molar refractivity (Wildman–Crippen MR) is 62.8 cm³/mol. The third-order valence-electron chi connectivity index (χ3n) is 2.64. The number of alkyl halides is 3. The van der Waals surface area contributed by atoms with Gasteiger partial charge in [-0.3, -0.25) is 4.98 Å². The Labute approximate surface area is 112 Å². The smallest absolute Gasteiger partial charge is 0.383 e. The standard InChI is InChI=1S/C12H12F3N3O2/c1-6-3-7(2)10(16-5-6)11-17-9(20-18-11)4-8(19)12(13,14)15/h3,5,8,19H,4H2,1-2H3. The lowest BCUT2D eigenvalue weighted by atomic mass is 10.1. The Morgan fingerprint density at radius 1 is 1.35 bits per heavy atom. The average Bonchev–Trinajstić information content (AvgIpc) is 2.76. The van der Waals surface area contributed by atoms with E-state index in [4.69, 9.17) is 9.63 Å². The lowest BCUT2D eigenvalue weighted by Gasteiger charge is -2.11. The van der Waals surface area contributed by atoms with E-state index < -0.39 is 18.7 Å². The van der Waals surface area contributed by atoms with E-state index in [2.05, 4.69) is 15.1 Å². The van der Waals surface area contributed by atoms with E-state index in [1.807, 2.05) is 13.0 Å². The number of pyridine rings is 1. The number of hydrogen-bond acceptors (Lipinski definition) is 5. The van der Waals surface area contributed by atoms with Gasteiger partial charge in [0.2, 0.25) is 11.7 Å². The van der Waals surface area contributed by atoms with E-state index in [-0.39, 0.29) is 11.7 Å². The molecular weight excluding hydrogens is 275 g/mol. The maximum atomic E-state index is 12.2. The lowest BCUT2D eigenvalue weighted by molar-refractivity contribution is -0.204. The molecule has 5 nitrogen and oxygen atoms in total. The van der Waals surface area contributed by atoms with Crippen molar-refractivity contribution < 1.29 is 22.8 Å². The van der Waals surface area contributed by atoms with Gasteiger partial charge < -0.3 is 9.63 Å². The maximum absolute atomic E-state index is 12.2. The number of aliphatic hydroxyl groups is 1. The topological polar surface area (TPSA) is 72.0 Å². The number of hydrogen-bond donors (Lipinski definition) is 1. The van der Waals surface area contributed by atoms with E-state index in [0.717, 1.165) is 11.1 Å². The van der Waals surface area contributed by atoms with Gasteiger partial charge in [-0.05, 0) is 25.0 Å².